The van der Waals surface area contributed by atoms with Crippen LogP contribution in [-0.2, 0) is 4.74 Å². The van der Waals surface area contributed by atoms with Crippen molar-refractivity contribution in [2.45, 2.75) is 52.5 Å². The predicted octanol–water partition coefficient (Wildman–Crippen LogP) is 3.14. The van der Waals surface area contributed by atoms with Gasteiger partial charge in [0.2, 0.25) is 0 Å². The molecule has 0 saturated carbocycles. The minimum atomic E-state index is 0.545. The third kappa shape index (κ3) is 8.64. The van der Waals surface area contributed by atoms with E-state index >= 15 is 0 Å². The van der Waals surface area contributed by atoms with Gasteiger partial charge < -0.3 is 10.1 Å². The zero-order valence-electron chi connectivity index (χ0n) is 10.6. The SMILES string of the molecule is C=C(CC)CC(CCOCC)NCCC. The molecule has 0 fully saturated rings. The van der Waals surface area contributed by atoms with Crippen LogP contribution in [0.15, 0.2) is 12.2 Å². The summed E-state index contributed by atoms with van der Waals surface area (Å²) >= 11 is 0. The number of ether oxygens (including phenoxy) is 1. The third-order valence-electron chi connectivity index (χ3n) is 2.53. The molecule has 1 N–H and O–H groups in total. The van der Waals surface area contributed by atoms with E-state index in [0.717, 1.165) is 39.0 Å². The summed E-state index contributed by atoms with van der Waals surface area (Å²) in [4.78, 5) is 0. The predicted molar refractivity (Wildman–Crippen MR) is 67.2 cm³/mol. The topological polar surface area (TPSA) is 21.3 Å². The zero-order chi connectivity index (χ0) is 11.5. The molecular formula is C13H27NO. The van der Waals surface area contributed by atoms with E-state index in [2.05, 4.69) is 25.7 Å². The molecule has 2 heteroatoms. The first kappa shape index (κ1) is 14.7. The summed E-state index contributed by atoms with van der Waals surface area (Å²) in [6.45, 7) is 13.2. The van der Waals surface area contributed by atoms with Crippen LogP contribution in [0.4, 0.5) is 0 Å². The first-order chi connectivity index (χ1) is 7.24. The molecular weight excluding hydrogens is 186 g/mol. The summed E-state index contributed by atoms with van der Waals surface area (Å²) in [5.74, 6) is 0. The molecule has 0 aliphatic heterocycles. The van der Waals surface area contributed by atoms with Crippen LogP contribution >= 0.6 is 0 Å². The molecule has 0 heterocycles. The van der Waals surface area contributed by atoms with Crippen molar-refractivity contribution in [3.05, 3.63) is 12.2 Å². The van der Waals surface area contributed by atoms with E-state index in [1.807, 2.05) is 6.92 Å². The fourth-order valence-electron chi connectivity index (χ4n) is 1.49. The smallest absolute Gasteiger partial charge is 0.0480 e. The van der Waals surface area contributed by atoms with Gasteiger partial charge in [0, 0.05) is 19.3 Å². The van der Waals surface area contributed by atoms with Gasteiger partial charge in [-0.3, -0.25) is 0 Å². The van der Waals surface area contributed by atoms with Crippen molar-refractivity contribution < 1.29 is 4.74 Å². The Kier molecular flexibility index (Phi) is 9.96. The highest BCUT2D eigenvalue weighted by atomic mass is 16.5. The van der Waals surface area contributed by atoms with Gasteiger partial charge in [-0.15, -0.1) is 0 Å². The molecule has 0 saturated heterocycles. The van der Waals surface area contributed by atoms with Gasteiger partial charge in [-0.25, -0.2) is 0 Å². The fourth-order valence-corrected chi connectivity index (χ4v) is 1.49. The Hall–Kier alpha value is -0.340. The van der Waals surface area contributed by atoms with Gasteiger partial charge in [0.15, 0.2) is 0 Å². The highest BCUT2D eigenvalue weighted by Gasteiger charge is 2.08. The lowest BCUT2D eigenvalue weighted by molar-refractivity contribution is 0.136. The second-order valence-electron chi connectivity index (χ2n) is 3.94. The average molecular weight is 213 g/mol. The van der Waals surface area contributed by atoms with Crippen molar-refractivity contribution in [2.75, 3.05) is 19.8 Å². The van der Waals surface area contributed by atoms with Crippen molar-refractivity contribution in [1.29, 1.82) is 0 Å². The van der Waals surface area contributed by atoms with Gasteiger partial charge in [0.05, 0.1) is 0 Å². The van der Waals surface area contributed by atoms with E-state index in [4.69, 9.17) is 4.74 Å². The van der Waals surface area contributed by atoms with Crippen molar-refractivity contribution >= 4 is 0 Å². The van der Waals surface area contributed by atoms with Gasteiger partial charge in [0.1, 0.15) is 0 Å². The first-order valence-electron chi connectivity index (χ1n) is 6.22. The molecule has 1 atom stereocenters. The molecule has 0 aliphatic rings. The number of rotatable bonds is 10. The molecule has 0 radical (unpaired) electrons. The van der Waals surface area contributed by atoms with Gasteiger partial charge in [-0.1, -0.05) is 26.0 Å². The quantitative estimate of drug-likeness (QED) is 0.444. The Morgan fingerprint density at radius 2 is 2.07 bits per heavy atom. The Morgan fingerprint density at radius 1 is 1.33 bits per heavy atom. The Morgan fingerprint density at radius 3 is 2.60 bits per heavy atom. The van der Waals surface area contributed by atoms with Crippen LogP contribution in [0.25, 0.3) is 0 Å². The lowest BCUT2D eigenvalue weighted by Crippen LogP contribution is -2.31. The van der Waals surface area contributed by atoms with Crippen LogP contribution in [0.3, 0.4) is 0 Å². The molecule has 0 rings (SSSR count). The Bertz CT molecular complexity index is 157. The van der Waals surface area contributed by atoms with Gasteiger partial charge in [-0.05, 0) is 39.2 Å². The molecule has 0 aliphatic carbocycles. The molecule has 15 heavy (non-hydrogen) atoms. The van der Waals surface area contributed by atoms with Crippen molar-refractivity contribution in [3.63, 3.8) is 0 Å². The van der Waals surface area contributed by atoms with Gasteiger partial charge in [0.25, 0.3) is 0 Å². The first-order valence-corrected chi connectivity index (χ1v) is 6.22. The second-order valence-corrected chi connectivity index (χ2v) is 3.94. The molecule has 0 aromatic rings. The summed E-state index contributed by atoms with van der Waals surface area (Å²) in [6, 6.07) is 0.545. The van der Waals surface area contributed by atoms with E-state index in [-0.39, 0.29) is 0 Å². The molecule has 0 amide bonds. The van der Waals surface area contributed by atoms with Gasteiger partial charge >= 0.3 is 0 Å². The number of hydrogen-bond acceptors (Lipinski definition) is 2. The largest absolute Gasteiger partial charge is 0.382 e. The van der Waals surface area contributed by atoms with E-state index in [1.54, 1.807) is 0 Å². The van der Waals surface area contributed by atoms with E-state index in [0.29, 0.717) is 6.04 Å². The standard InChI is InChI=1S/C13H27NO/c1-5-9-14-13(8-10-15-7-3)11-12(4)6-2/h13-14H,4-11H2,1-3H3. The molecule has 0 spiro atoms. The lowest BCUT2D eigenvalue weighted by Gasteiger charge is -2.19. The molecule has 1 unspecified atom stereocenters. The van der Waals surface area contributed by atoms with E-state index in [1.165, 1.54) is 12.0 Å². The second kappa shape index (κ2) is 10.2. The van der Waals surface area contributed by atoms with Crippen molar-refractivity contribution in [2.24, 2.45) is 0 Å². The highest BCUT2D eigenvalue weighted by Crippen LogP contribution is 2.10. The normalized spacial score (nSPS) is 12.7. The summed E-state index contributed by atoms with van der Waals surface area (Å²) in [7, 11) is 0. The molecule has 2 nitrogen and oxygen atoms in total. The Balaban J connectivity index is 3.77. The van der Waals surface area contributed by atoms with Crippen LogP contribution in [0.5, 0.6) is 0 Å². The van der Waals surface area contributed by atoms with Crippen LogP contribution in [0.1, 0.15) is 46.5 Å². The fraction of sp³-hybridized carbons (Fsp3) is 0.846. The number of hydrogen-bond donors (Lipinski definition) is 1. The molecule has 0 aromatic heterocycles. The summed E-state index contributed by atoms with van der Waals surface area (Å²) < 4.78 is 5.39. The van der Waals surface area contributed by atoms with Gasteiger partial charge in [-0.2, -0.15) is 0 Å². The van der Waals surface area contributed by atoms with E-state index < -0.39 is 0 Å². The van der Waals surface area contributed by atoms with Crippen LogP contribution in [0.2, 0.25) is 0 Å². The van der Waals surface area contributed by atoms with Crippen LogP contribution in [0, 0.1) is 0 Å². The highest BCUT2D eigenvalue weighted by molar-refractivity contribution is 4.96. The molecule has 0 aromatic carbocycles. The lowest BCUT2D eigenvalue weighted by atomic mass is 10.0. The summed E-state index contributed by atoms with van der Waals surface area (Å²) in [6.07, 6.45) is 4.44. The maximum atomic E-state index is 5.39. The van der Waals surface area contributed by atoms with Crippen molar-refractivity contribution in [3.8, 4) is 0 Å². The monoisotopic (exact) mass is 213 g/mol. The number of nitrogens with one attached hydrogen (secondary N) is 1. The van der Waals surface area contributed by atoms with Crippen LogP contribution in [-0.4, -0.2) is 25.8 Å². The minimum Gasteiger partial charge on any atom is -0.382 e. The summed E-state index contributed by atoms with van der Waals surface area (Å²) in [5.41, 5.74) is 1.33. The minimum absolute atomic E-state index is 0.545. The summed E-state index contributed by atoms with van der Waals surface area (Å²) in [5, 5.41) is 3.55. The third-order valence-corrected chi connectivity index (χ3v) is 2.53. The maximum absolute atomic E-state index is 5.39. The Labute approximate surface area is 95.1 Å². The average Bonchev–Trinajstić information content (AvgIpc) is 2.25. The molecule has 90 valence electrons. The zero-order valence-corrected chi connectivity index (χ0v) is 10.6. The molecule has 0 bridgehead atoms. The van der Waals surface area contributed by atoms with Crippen molar-refractivity contribution in [1.82, 2.24) is 5.32 Å². The van der Waals surface area contributed by atoms with Crippen LogP contribution < -0.4 is 5.32 Å². The maximum Gasteiger partial charge on any atom is 0.0480 e. The van der Waals surface area contributed by atoms with E-state index in [9.17, 15) is 0 Å².